The van der Waals surface area contributed by atoms with Crippen molar-refractivity contribution in [1.82, 2.24) is 4.90 Å². The van der Waals surface area contributed by atoms with Gasteiger partial charge in [0.2, 0.25) is 0 Å². The van der Waals surface area contributed by atoms with Gasteiger partial charge >= 0.3 is 0 Å². The van der Waals surface area contributed by atoms with Gasteiger partial charge in [-0.05, 0) is 67.7 Å². The lowest BCUT2D eigenvalue weighted by Crippen LogP contribution is -2.37. The van der Waals surface area contributed by atoms with Crippen molar-refractivity contribution in [2.75, 3.05) is 31.6 Å². The van der Waals surface area contributed by atoms with Crippen LogP contribution in [0.25, 0.3) is 11.1 Å². The molecule has 0 aromatic heterocycles. The van der Waals surface area contributed by atoms with E-state index >= 15 is 0 Å². The minimum absolute atomic E-state index is 0.180. The summed E-state index contributed by atoms with van der Waals surface area (Å²) in [6.07, 6.45) is 3.76. The first kappa shape index (κ1) is 14.7. The maximum atomic E-state index is 13.1. The summed E-state index contributed by atoms with van der Waals surface area (Å²) in [4.78, 5) is 5.02. The van der Waals surface area contributed by atoms with Gasteiger partial charge < -0.3 is 9.80 Å². The predicted molar refractivity (Wildman–Crippen MR) is 93.4 cm³/mol. The van der Waals surface area contributed by atoms with E-state index in [-0.39, 0.29) is 5.82 Å². The fourth-order valence-corrected chi connectivity index (χ4v) is 3.92. The molecule has 0 spiro atoms. The SMILES string of the molecule is CN1CCC[C@@H]1CN1CCc2ccc(-c3ccc(F)cc3)cc21. The smallest absolute Gasteiger partial charge is 0.123 e. The van der Waals surface area contributed by atoms with Crippen LogP contribution in [0.4, 0.5) is 10.1 Å². The zero-order chi connectivity index (χ0) is 15.8. The van der Waals surface area contributed by atoms with Crippen LogP contribution in [-0.2, 0) is 6.42 Å². The Morgan fingerprint density at radius 3 is 2.57 bits per heavy atom. The van der Waals surface area contributed by atoms with Crippen LogP contribution in [0.1, 0.15) is 18.4 Å². The second kappa shape index (κ2) is 5.97. The molecule has 0 bridgehead atoms. The Morgan fingerprint density at radius 2 is 1.83 bits per heavy atom. The summed E-state index contributed by atoms with van der Waals surface area (Å²) in [5.41, 5.74) is 5.07. The van der Waals surface area contributed by atoms with E-state index < -0.39 is 0 Å². The average Bonchev–Trinajstić information content (AvgIpc) is 3.15. The number of fused-ring (bicyclic) bond motifs is 1. The van der Waals surface area contributed by atoms with Crippen LogP contribution >= 0.6 is 0 Å². The van der Waals surface area contributed by atoms with Crippen molar-refractivity contribution < 1.29 is 4.39 Å². The lowest BCUT2D eigenvalue weighted by molar-refractivity contribution is 0.313. The van der Waals surface area contributed by atoms with E-state index in [2.05, 4.69) is 35.0 Å². The molecule has 2 aliphatic rings. The van der Waals surface area contributed by atoms with Crippen molar-refractivity contribution in [3.05, 3.63) is 53.8 Å². The molecule has 0 N–H and O–H groups in total. The molecule has 0 saturated carbocycles. The van der Waals surface area contributed by atoms with E-state index in [1.807, 2.05) is 12.1 Å². The molecule has 2 aromatic rings. The summed E-state index contributed by atoms with van der Waals surface area (Å²) in [7, 11) is 2.24. The first-order valence-electron chi connectivity index (χ1n) is 8.55. The molecule has 0 unspecified atom stereocenters. The van der Waals surface area contributed by atoms with Gasteiger partial charge in [-0.1, -0.05) is 24.3 Å². The third kappa shape index (κ3) is 2.86. The third-order valence-corrected chi connectivity index (χ3v) is 5.36. The van der Waals surface area contributed by atoms with Crippen LogP contribution in [0.3, 0.4) is 0 Å². The molecular weight excluding hydrogens is 287 g/mol. The Kier molecular flexibility index (Phi) is 3.82. The van der Waals surface area contributed by atoms with Crippen molar-refractivity contribution in [3.8, 4) is 11.1 Å². The number of nitrogens with zero attached hydrogens (tertiary/aromatic N) is 2. The van der Waals surface area contributed by atoms with Crippen molar-refractivity contribution in [2.24, 2.45) is 0 Å². The third-order valence-electron chi connectivity index (χ3n) is 5.36. The van der Waals surface area contributed by atoms with Gasteiger partial charge in [-0.2, -0.15) is 0 Å². The zero-order valence-electron chi connectivity index (χ0n) is 13.6. The van der Waals surface area contributed by atoms with E-state index in [1.165, 1.54) is 48.3 Å². The predicted octanol–water partition coefficient (Wildman–Crippen LogP) is 3.95. The van der Waals surface area contributed by atoms with Gasteiger partial charge in [0.05, 0.1) is 0 Å². The summed E-state index contributed by atoms with van der Waals surface area (Å²) in [5, 5.41) is 0. The van der Waals surface area contributed by atoms with Crippen LogP contribution < -0.4 is 4.90 Å². The zero-order valence-corrected chi connectivity index (χ0v) is 13.6. The maximum absolute atomic E-state index is 13.1. The molecule has 4 rings (SSSR count). The minimum atomic E-state index is -0.180. The summed E-state index contributed by atoms with van der Waals surface area (Å²) in [6.45, 7) is 3.46. The lowest BCUT2D eigenvalue weighted by atomic mass is 10.0. The molecule has 1 fully saturated rings. The first-order chi connectivity index (χ1) is 11.2. The fourth-order valence-electron chi connectivity index (χ4n) is 3.92. The molecule has 1 saturated heterocycles. The molecule has 1 atom stereocenters. The molecule has 2 heterocycles. The number of anilines is 1. The van der Waals surface area contributed by atoms with Crippen LogP contribution in [0.5, 0.6) is 0 Å². The fraction of sp³-hybridized carbons (Fsp3) is 0.400. The standard InChI is InChI=1S/C20H23FN2/c1-22-11-2-3-19(22)14-23-12-10-16-4-5-17(13-20(16)23)15-6-8-18(21)9-7-15/h4-9,13,19H,2-3,10-12,14H2,1H3/t19-/m1/s1. The van der Waals surface area contributed by atoms with Crippen LogP contribution in [0.15, 0.2) is 42.5 Å². The average molecular weight is 310 g/mol. The Morgan fingerprint density at radius 1 is 1.04 bits per heavy atom. The quantitative estimate of drug-likeness (QED) is 0.847. The Balaban J connectivity index is 1.60. The lowest BCUT2D eigenvalue weighted by Gasteiger charge is -2.27. The minimum Gasteiger partial charge on any atom is -0.369 e. The van der Waals surface area contributed by atoms with E-state index in [1.54, 1.807) is 0 Å². The molecular formula is C20H23FN2. The van der Waals surface area contributed by atoms with E-state index in [9.17, 15) is 4.39 Å². The second-order valence-electron chi connectivity index (χ2n) is 6.82. The highest BCUT2D eigenvalue weighted by Gasteiger charge is 2.27. The highest BCUT2D eigenvalue weighted by molar-refractivity contribution is 5.72. The van der Waals surface area contributed by atoms with Gasteiger partial charge in [-0.25, -0.2) is 4.39 Å². The molecule has 120 valence electrons. The number of hydrogen-bond acceptors (Lipinski definition) is 2. The number of halogens is 1. The van der Waals surface area contributed by atoms with Crippen molar-refractivity contribution in [3.63, 3.8) is 0 Å². The van der Waals surface area contributed by atoms with Gasteiger partial charge in [0, 0.05) is 24.8 Å². The molecule has 2 aliphatic heterocycles. The van der Waals surface area contributed by atoms with Crippen LogP contribution in [0, 0.1) is 5.82 Å². The summed E-state index contributed by atoms with van der Waals surface area (Å²) in [5.74, 6) is -0.180. The number of rotatable bonds is 3. The highest BCUT2D eigenvalue weighted by Crippen LogP contribution is 2.33. The van der Waals surface area contributed by atoms with E-state index in [0.717, 1.165) is 25.1 Å². The van der Waals surface area contributed by atoms with E-state index in [0.29, 0.717) is 6.04 Å². The molecule has 2 nitrogen and oxygen atoms in total. The first-order valence-corrected chi connectivity index (χ1v) is 8.55. The summed E-state index contributed by atoms with van der Waals surface area (Å²) in [6, 6.07) is 14.2. The molecule has 0 radical (unpaired) electrons. The molecule has 2 aromatic carbocycles. The van der Waals surface area contributed by atoms with Crippen molar-refractivity contribution >= 4 is 5.69 Å². The molecule has 0 aliphatic carbocycles. The summed E-state index contributed by atoms with van der Waals surface area (Å²) < 4.78 is 13.1. The second-order valence-corrected chi connectivity index (χ2v) is 6.82. The van der Waals surface area contributed by atoms with Gasteiger partial charge in [-0.15, -0.1) is 0 Å². The Bertz CT molecular complexity index is 695. The topological polar surface area (TPSA) is 6.48 Å². The largest absolute Gasteiger partial charge is 0.369 e. The van der Waals surface area contributed by atoms with Gasteiger partial charge in [0.15, 0.2) is 0 Å². The Labute approximate surface area is 137 Å². The summed E-state index contributed by atoms with van der Waals surface area (Å²) >= 11 is 0. The van der Waals surface area contributed by atoms with Gasteiger partial charge in [0.1, 0.15) is 5.82 Å². The van der Waals surface area contributed by atoms with E-state index in [4.69, 9.17) is 0 Å². The van der Waals surface area contributed by atoms with Crippen LogP contribution in [-0.4, -0.2) is 37.6 Å². The van der Waals surface area contributed by atoms with Crippen molar-refractivity contribution in [2.45, 2.75) is 25.3 Å². The Hall–Kier alpha value is -1.87. The molecule has 23 heavy (non-hydrogen) atoms. The highest BCUT2D eigenvalue weighted by atomic mass is 19.1. The number of likely N-dealkylation sites (N-methyl/N-ethyl adjacent to an activating group) is 1. The maximum Gasteiger partial charge on any atom is 0.123 e. The van der Waals surface area contributed by atoms with Crippen molar-refractivity contribution in [1.29, 1.82) is 0 Å². The van der Waals surface area contributed by atoms with Gasteiger partial charge in [-0.3, -0.25) is 0 Å². The number of hydrogen-bond donors (Lipinski definition) is 0. The molecule has 0 amide bonds. The van der Waals surface area contributed by atoms with Crippen LogP contribution in [0.2, 0.25) is 0 Å². The monoisotopic (exact) mass is 310 g/mol. The number of likely N-dealkylation sites (tertiary alicyclic amines) is 1. The van der Waals surface area contributed by atoms with Gasteiger partial charge in [0.25, 0.3) is 0 Å². The molecule has 3 heteroatoms. The normalized spacial score (nSPS) is 21.0. The number of benzene rings is 2.